The Labute approximate surface area is 50.4 Å². The Morgan fingerprint density at radius 3 is 2.50 bits per heavy atom. The molecule has 0 aromatic carbocycles. The first-order valence-corrected chi connectivity index (χ1v) is 3.66. The van der Waals surface area contributed by atoms with Gasteiger partial charge in [0.15, 0.2) is 11.1 Å². The normalized spacial score (nSPS) is 17.9. The summed E-state index contributed by atoms with van der Waals surface area (Å²) in [5.74, 6) is -0.253. The fraction of sp³-hybridized carbons (Fsp3) is 1.00. The topological polar surface area (TPSA) is 37.3 Å². The van der Waals surface area contributed by atoms with Gasteiger partial charge in [-0.1, -0.05) is 6.92 Å². The standard InChI is InChI=1S/C4H9FO2S/c1-2-4(5)3-8(6)7/h4H,2-3H2,1H3,(H,6,7). The van der Waals surface area contributed by atoms with Crippen molar-refractivity contribution in [2.24, 2.45) is 0 Å². The van der Waals surface area contributed by atoms with Crippen molar-refractivity contribution >= 4 is 11.1 Å². The van der Waals surface area contributed by atoms with Gasteiger partial charge < -0.3 is 4.55 Å². The van der Waals surface area contributed by atoms with Gasteiger partial charge in [0.2, 0.25) is 0 Å². The van der Waals surface area contributed by atoms with E-state index in [4.69, 9.17) is 4.55 Å². The molecular formula is C4H9FO2S. The molecule has 0 rings (SSSR count). The first kappa shape index (κ1) is 8.04. The van der Waals surface area contributed by atoms with Gasteiger partial charge in [-0.2, -0.15) is 0 Å². The molecule has 0 heterocycles. The van der Waals surface area contributed by atoms with Crippen LogP contribution in [0.4, 0.5) is 4.39 Å². The highest BCUT2D eigenvalue weighted by atomic mass is 32.2. The molecule has 2 unspecified atom stereocenters. The van der Waals surface area contributed by atoms with Crippen molar-refractivity contribution < 1.29 is 13.2 Å². The van der Waals surface area contributed by atoms with Crippen molar-refractivity contribution in [3.05, 3.63) is 0 Å². The van der Waals surface area contributed by atoms with E-state index in [1.165, 1.54) is 0 Å². The van der Waals surface area contributed by atoms with E-state index >= 15 is 0 Å². The minimum Gasteiger partial charge on any atom is -0.306 e. The Morgan fingerprint density at radius 2 is 2.38 bits per heavy atom. The van der Waals surface area contributed by atoms with Gasteiger partial charge in [0.1, 0.15) is 6.17 Å². The lowest BCUT2D eigenvalue weighted by molar-refractivity contribution is 0.351. The highest BCUT2D eigenvalue weighted by Crippen LogP contribution is 1.96. The fourth-order valence-electron chi connectivity index (χ4n) is 0.273. The SMILES string of the molecule is CCC(F)CS(=O)O. The predicted octanol–water partition coefficient (Wildman–Crippen LogP) is 0.956. The van der Waals surface area contributed by atoms with Crippen LogP contribution in [0.5, 0.6) is 0 Å². The molecule has 0 bridgehead atoms. The average molecular weight is 140 g/mol. The van der Waals surface area contributed by atoms with Gasteiger partial charge in [-0.25, -0.2) is 8.60 Å². The maximum atomic E-state index is 12.0. The molecule has 0 aromatic rings. The fourth-order valence-corrected chi connectivity index (χ4v) is 0.818. The van der Waals surface area contributed by atoms with Crippen LogP contribution in [-0.2, 0) is 11.1 Å². The van der Waals surface area contributed by atoms with E-state index in [0.29, 0.717) is 6.42 Å². The Kier molecular flexibility index (Phi) is 3.99. The number of hydrogen-bond acceptors (Lipinski definition) is 1. The van der Waals surface area contributed by atoms with Crippen LogP contribution in [-0.4, -0.2) is 20.7 Å². The zero-order chi connectivity index (χ0) is 6.57. The monoisotopic (exact) mass is 140 g/mol. The summed E-state index contributed by atoms with van der Waals surface area (Å²) in [5.41, 5.74) is 0. The second-order valence-corrected chi connectivity index (χ2v) is 2.47. The molecule has 1 N–H and O–H groups in total. The highest BCUT2D eigenvalue weighted by molar-refractivity contribution is 7.79. The molecule has 0 amide bonds. The molecule has 0 aliphatic rings. The van der Waals surface area contributed by atoms with Crippen LogP contribution in [0.2, 0.25) is 0 Å². The Hall–Kier alpha value is 0.0400. The second-order valence-electron chi connectivity index (χ2n) is 1.49. The molecule has 8 heavy (non-hydrogen) atoms. The molecule has 0 radical (unpaired) electrons. The largest absolute Gasteiger partial charge is 0.306 e. The van der Waals surface area contributed by atoms with Gasteiger partial charge in [-0.05, 0) is 6.42 Å². The molecule has 0 aliphatic carbocycles. The molecule has 0 fully saturated rings. The van der Waals surface area contributed by atoms with Crippen LogP contribution in [0.3, 0.4) is 0 Å². The molecule has 50 valence electrons. The summed E-state index contributed by atoms with van der Waals surface area (Å²) in [6.07, 6.45) is -0.812. The van der Waals surface area contributed by atoms with Crippen LogP contribution in [0.25, 0.3) is 0 Å². The Bertz CT molecular complexity index is 86.1. The Balaban J connectivity index is 3.24. The molecule has 0 aromatic heterocycles. The smallest absolute Gasteiger partial charge is 0.155 e. The zero-order valence-corrected chi connectivity index (χ0v) is 5.45. The van der Waals surface area contributed by atoms with Crippen molar-refractivity contribution in [3.63, 3.8) is 0 Å². The summed E-state index contributed by atoms with van der Waals surface area (Å²) in [4.78, 5) is 0. The van der Waals surface area contributed by atoms with Gasteiger partial charge >= 0.3 is 0 Å². The third-order valence-electron chi connectivity index (χ3n) is 0.766. The predicted molar refractivity (Wildman–Crippen MR) is 30.8 cm³/mol. The van der Waals surface area contributed by atoms with Crippen LogP contribution in [0.15, 0.2) is 0 Å². The van der Waals surface area contributed by atoms with Crippen LogP contribution < -0.4 is 0 Å². The summed E-state index contributed by atoms with van der Waals surface area (Å²) < 4.78 is 30.0. The average Bonchev–Trinajstić information content (AvgIpc) is 1.65. The lowest BCUT2D eigenvalue weighted by Crippen LogP contribution is -2.09. The van der Waals surface area contributed by atoms with Crippen LogP contribution in [0.1, 0.15) is 13.3 Å². The summed E-state index contributed by atoms with van der Waals surface area (Å²) in [6, 6.07) is 0. The van der Waals surface area contributed by atoms with Gasteiger partial charge in [0.25, 0.3) is 0 Å². The van der Waals surface area contributed by atoms with Gasteiger partial charge in [0, 0.05) is 0 Å². The second kappa shape index (κ2) is 3.97. The number of halogens is 1. The molecule has 0 aliphatic heterocycles. The number of hydrogen-bond donors (Lipinski definition) is 1. The highest BCUT2D eigenvalue weighted by Gasteiger charge is 2.05. The van der Waals surface area contributed by atoms with Crippen molar-refractivity contribution in [2.75, 3.05) is 5.75 Å². The summed E-state index contributed by atoms with van der Waals surface area (Å²) in [5, 5.41) is 0. The minimum absolute atomic E-state index is 0.253. The molecule has 0 saturated carbocycles. The summed E-state index contributed by atoms with van der Waals surface area (Å²) in [7, 11) is 0. The first-order valence-electron chi connectivity index (χ1n) is 2.38. The van der Waals surface area contributed by atoms with Crippen molar-refractivity contribution in [1.29, 1.82) is 0 Å². The quantitative estimate of drug-likeness (QED) is 0.593. The van der Waals surface area contributed by atoms with E-state index in [-0.39, 0.29) is 5.75 Å². The number of rotatable bonds is 3. The summed E-state index contributed by atoms with van der Waals surface area (Å²) >= 11 is -1.97. The molecule has 4 heteroatoms. The van der Waals surface area contributed by atoms with Crippen molar-refractivity contribution in [3.8, 4) is 0 Å². The van der Waals surface area contributed by atoms with Crippen molar-refractivity contribution in [1.82, 2.24) is 0 Å². The van der Waals surface area contributed by atoms with E-state index in [2.05, 4.69) is 0 Å². The van der Waals surface area contributed by atoms with E-state index in [0.717, 1.165) is 0 Å². The van der Waals surface area contributed by atoms with E-state index in [1.807, 2.05) is 0 Å². The Morgan fingerprint density at radius 1 is 1.88 bits per heavy atom. The molecular weight excluding hydrogens is 131 g/mol. The summed E-state index contributed by atoms with van der Waals surface area (Å²) in [6.45, 7) is 1.64. The lowest BCUT2D eigenvalue weighted by atomic mass is 10.3. The van der Waals surface area contributed by atoms with Crippen molar-refractivity contribution in [2.45, 2.75) is 19.5 Å². The maximum absolute atomic E-state index is 12.0. The molecule has 0 saturated heterocycles. The minimum atomic E-state index is -1.97. The van der Waals surface area contributed by atoms with Crippen LogP contribution in [0, 0.1) is 0 Å². The molecule has 2 atom stereocenters. The third-order valence-corrected chi connectivity index (χ3v) is 1.41. The van der Waals surface area contributed by atoms with Crippen LogP contribution >= 0.6 is 0 Å². The van der Waals surface area contributed by atoms with E-state index < -0.39 is 17.3 Å². The first-order chi connectivity index (χ1) is 3.66. The zero-order valence-electron chi connectivity index (χ0n) is 4.63. The third kappa shape index (κ3) is 4.21. The number of alkyl halides is 1. The maximum Gasteiger partial charge on any atom is 0.155 e. The van der Waals surface area contributed by atoms with Gasteiger partial charge in [0.05, 0.1) is 5.75 Å². The van der Waals surface area contributed by atoms with Gasteiger partial charge in [-0.15, -0.1) is 0 Å². The van der Waals surface area contributed by atoms with E-state index in [9.17, 15) is 8.60 Å². The lowest BCUT2D eigenvalue weighted by Gasteiger charge is -1.97. The van der Waals surface area contributed by atoms with E-state index in [1.54, 1.807) is 6.92 Å². The molecule has 0 spiro atoms. The molecule has 2 nitrogen and oxygen atoms in total. The van der Waals surface area contributed by atoms with Gasteiger partial charge in [-0.3, -0.25) is 0 Å².